The fourth-order valence-corrected chi connectivity index (χ4v) is 3.30. The van der Waals surface area contributed by atoms with Gasteiger partial charge in [-0.25, -0.2) is 4.79 Å². The largest absolute Gasteiger partial charge is 0.331 e. The number of rotatable bonds is 6. The Morgan fingerprint density at radius 1 is 1.03 bits per heavy atom. The second-order valence-electron chi connectivity index (χ2n) is 6.56. The monoisotopic (exact) mass is 445 g/mol. The van der Waals surface area contributed by atoms with Gasteiger partial charge in [0.05, 0.1) is 22.8 Å². The Balaban J connectivity index is 1.95. The number of carbonyl (C=O) groups is 2. The molecule has 0 bridgehead atoms. The zero-order valence-corrected chi connectivity index (χ0v) is 17.4. The molecule has 7 nitrogen and oxygen atoms in total. The molecule has 1 heterocycles. The van der Waals surface area contributed by atoms with Gasteiger partial charge in [0.25, 0.3) is 5.56 Å². The lowest BCUT2D eigenvalue weighted by Gasteiger charge is -2.13. The van der Waals surface area contributed by atoms with E-state index in [2.05, 4.69) is 5.32 Å². The van der Waals surface area contributed by atoms with Crippen molar-refractivity contribution in [3.8, 4) is 0 Å². The fraction of sp³-hybridized carbons (Fsp3) is 0.143. The van der Waals surface area contributed by atoms with Crippen LogP contribution >= 0.6 is 23.2 Å². The second kappa shape index (κ2) is 9.11. The first-order chi connectivity index (χ1) is 14.3. The summed E-state index contributed by atoms with van der Waals surface area (Å²) >= 11 is 11.9. The minimum Gasteiger partial charge on any atom is -0.323 e. The molecule has 1 amide bonds. The molecule has 0 saturated heterocycles. The molecule has 1 aromatic heterocycles. The normalized spacial score (nSPS) is 10.6. The third-order valence-electron chi connectivity index (χ3n) is 4.32. The minimum atomic E-state index is -0.703. The van der Waals surface area contributed by atoms with Gasteiger partial charge in [0, 0.05) is 11.2 Å². The average Bonchev–Trinajstić information content (AvgIpc) is 2.70. The van der Waals surface area contributed by atoms with Crippen molar-refractivity contribution in [2.45, 2.75) is 20.0 Å². The van der Waals surface area contributed by atoms with Crippen molar-refractivity contribution in [2.75, 3.05) is 5.32 Å². The number of Topliss-reactive ketones (excluding diaryl/α,β-unsaturated/α-hetero) is 1. The Morgan fingerprint density at radius 2 is 1.73 bits per heavy atom. The topological polar surface area (TPSA) is 90.2 Å². The Hall–Kier alpha value is -3.16. The number of aromatic nitrogens is 2. The van der Waals surface area contributed by atoms with Crippen LogP contribution < -0.4 is 16.6 Å². The van der Waals surface area contributed by atoms with E-state index in [9.17, 15) is 19.2 Å². The van der Waals surface area contributed by atoms with Crippen molar-refractivity contribution in [3.05, 3.63) is 96.7 Å². The molecule has 1 N–H and O–H groups in total. The number of nitrogens with one attached hydrogen (secondary N) is 1. The van der Waals surface area contributed by atoms with Crippen molar-refractivity contribution in [1.29, 1.82) is 0 Å². The molecule has 3 rings (SSSR count). The third-order valence-corrected chi connectivity index (χ3v) is 4.87. The molecule has 3 aromatic rings. The number of halogens is 2. The molecule has 0 fully saturated rings. The first-order valence-corrected chi connectivity index (χ1v) is 9.66. The van der Waals surface area contributed by atoms with Gasteiger partial charge in [0.15, 0.2) is 5.78 Å². The highest BCUT2D eigenvalue weighted by atomic mass is 35.5. The summed E-state index contributed by atoms with van der Waals surface area (Å²) in [6.45, 7) is 0.795. The van der Waals surface area contributed by atoms with E-state index in [0.717, 1.165) is 15.3 Å². The number of nitrogens with zero attached hydrogens (tertiary/aromatic N) is 2. The standard InChI is InChI=1S/C21H17Cl2N3O4/c1-13(27)16-11-25(12-19(28)24-18-8-7-15(22)9-17(18)23)21(30)26(20(16)29)10-14-5-3-2-4-6-14/h2-9,11H,10,12H2,1H3,(H,24,28). The van der Waals surface area contributed by atoms with Gasteiger partial charge in [0.1, 0.15) is 6.54 Å². The van der Waals surface area contributed by atoms with Crippen molar-refractivity contribution >= 4 is 40.6 Å². The van der Waals surface area contributed by atoms with Crippen molar-refractivity contribution in [1.82, 2.24) is 9.13 Å². The summed E-state index contributed by atoms with van der Waals surface area (Å²) in [6, 6.07) is 13.4. The summed E-state index contributed by atoms with van der Waals surface area (Å²) in [5, 5.41) is 3.23. The highest BCUT2D eigenvalue weighted by molar-refractivity contribution is 6.36. The van der Waals surface area contributed by atoms with Gasteiger partial charge in [-0.15, -0.1) is 0 Å². The number of ketones is 1. The van der Waals surface area contributed by atoms with E-state index in [1.54, 1.807) is 30.3 Å². The highest BCUT2D eigenvalue weighted by Gasteiger charge is 2.17. The van der Waals surface area contributed by atoms with Gasteiger partial charge in [-0.3, -0.25) is 23.5 Å². The van der Waals surface area contributed by atoms with Gasteiger partial charge in [-0.05, 0) is 30.7 Å². The first kappa shape index (κ1) is 21.5. The van der Waals surface area contributed by atoms with E-state index >= 15 is 0 Å². The summed E-state index contributed by atoms with van der Waals surface area (Å²) < 4.78 is 1.97. The summed E-state index contributed by atoms with van der Waals surface area (Å²) in [7, 11) is 0. The van der Waals surface area contributed by atoms with Crippen molar-refractivity contribution in [3.63, 3.8) is 0 Å². The molecule has 0 aliphatic heterocycles. The van der Waals surface area contributed by atoms with Gasteiger partial charge in [-0.2, -0.15) is 0 Å². The summed E-state index contributed by atoms with van der Waals surface area (Å²) in [5.74, 6) is -1.06. The van der Waals surface area contributed by atoms with Gasteiger partial charge < -0.3 is 5.32 Å². The van der Waals surface area contributed by atoms with Gasteiger partial charge >= 0.3 is 5.69 Å². The molecular formula is C21H17Cl2N3O4. The third kappa shape index (κ3) is 4.87. The van der Waals surface area contributed by atoms with E-state index in [-0.39, 0.29) is 17.1 Å². The molecule has 0 radical (unpaired) electrons. The van der Waals surface area contributed by atoms with Crippen molar-refractivity contribution < 1.29 is 9.59 Å². The minimum absolute atomic E-state index is 0.0236. The molecular weight excluding hydrogens is 429 g/mol. The van der Waals surface area contributed by atoms with Crippen LogP contribution in [-0.4, -0.2) is 20.8 Å². The molecule has 0 spiro atoms. The van der Waals surface area contributed by atoms with Crippen LogP contribution in [0.5, 0.6) is 0 Å². The lowest BCUT2D eigenvalue weighted by Crippen LogP contribution is -2.43. The molecule has 0 unspecified atom stereocenters. The quantitative estimate of drug-likeness (QED) is 0.589. The van der Waals surface area contributed by atoms with Crippen LogP contribution in [-0.2, 0) is 17.9 Å². The van der Waals surface area contributed by atoms with Crippen LogP contribution in [0.4, 0.5) is 5.69 Å². The van der Waals surface area contributed by atoms with Crippen molar-refractivity contribution in [2.24, 2.45) is 0 Å². The van der Waals surface area contributed by atoms with Crippen LogP contribution in [0.15, 0.2) is 64.3 Å². The van der Waals surface area contributed by atoms with Gasteiger partial charge in [0.2, 0.25) is 5.91 Å². The maximum Gasteiger partial charge on any atom is 0.331 e. The molecule has 0 atom stereocenters. The van der Waals surface area contributed by atoms with Crippen LogP contribution in [0.2, 0.25) is 10.0 Å². The number of benzene rings is 2. The predicted molar refractivity (Wildman–Crippen MR) is 116 cm³/mol. The summed E-state index contributed by atoms with van der Waals surface area (Å²) in [4.78, 5) is 49.9. The van der Waals surface area contributed by atoms with E-state index in [1.165, 1.54) is 19.1 Å². The SMILES string of the molecule is CC(=O)c1cn(CC(=O)Nc2ccc(Cl)cc2Cl)c(=O)n(Cc2ccccc2)c1=O. The Kier molecular flexibility index (Phi) is 6.54. The van der Waals surface area contributed by atoms with E-state index in [1.807, 2.05) is 6.07 Å². The smallest absolute Gasteiger partial charge is 0.323 e. The molecule has 0 aliphatic rings. The molecule has 0 saturated carbocycles. The molecule has 154 valence electrons. The van der Waals surface area contributed by atoms with E-state index < -0.39 is 29.5 Å². The summed E-state index contributed by atoms with van der Waals surface area (Å²) in [5.41, 5.74) is -0.548. The maximum atomic E-state index is 12.9. The summed E-state index contributed by atoms with van der Waals surface area (Å²) in [6.07, 6.45) is 1.11. The Labute approximate surface area is 181 Å². The van der Waals surface area contributed by atoms with Gasteiger partial charge in [-0.1, -0.05) is 53.5 Å². The van der Waals surface area contributed by atoms with Crippen LogP contribution in [0, 0.1) is 0 Å². The lowest BCUT2D eigenvalue weighted by molar-refractivity contribution is -0.116. The van der Waals surface area contributed by atoms with Crippen LogP contribution in [0.25, 0.3) is 0 Å². The van der Waals surface area contributed by atoms with Crippen LogP contribution in [0.3, 0.4) is 0 Å². The zero-order chi connectivity index (χ0) is 21.8. The number of carbonyl (C=O) groups excluding carboxylic acids is 2. The second-order valence-corrected chi connectivity index (χ2v) is 7.40. The number of hydrogen-bond acceptors (Lipinski definition) is 4. The highest BCUT2D eigenvalue weighted by Crippen LogP contribution is 2.25. The maximum absolute atomic E-state index is 12.9. The lowest BCUT2D eigenvalue weighted by atomic mass is 10.2. The molecule has 0 aliphatic carbocycles. The molecule has 30 heavy (non-hydrogen) atoms. The Morgan fingerprint density at radius 3 is 2.37 bits per heavy atom. The number of amides is 1. The Bertz CT molecular complexity index is 1230. The zero-order valence-electron chi connectivity index (χ0n) is 15.9. The predicted octanol–water partition coefficient (Wildman–Crippen LogP) is 3.21. The average molecular weight is 446 g/mol. The van der Waals surface area contributed by atoms with Crippen LogP contribution in [0.1, 0.15) is 22.8 Å². The van der Waals surface area contributed by atoms with E-state index in [4.69, 9.17) is 23.2 Å². The fourth-order valence-electron chi connectivity index (χ4n) is 2.85. The first-order valence-electron chi connectivity index (χ1n) is 8.90. The van der Waals surface area contributed by atoms with E-state index in [0.29, 0.717) is 16.3 Å². The molecule has 2 aromatic carbocycles. The molecule has 9 heteroatoms. The number of anilines is 1. The number of hydrogen-bond donors (Lipinski definition) is 1.